The fourth-order valence-corrected chi connectivity index (χ4v) is 3.83. The lowest BCUT2D eigenvalue weighted by molar-refractivity contribution is 0.367. The molecule has 2 nitrogen and oxygen atoms in total. The molecule has 0 bridgehead atoms. The van der Waals surface area contributed by atoms with E-state index >= 15 is 0 Å². The molecule has 1 rings (SSSR count). The third kappa shape index (κ3) is 7.28. The maximum absolute atomic E-state index is 4.03. The molecule has 0 aliphatic carbocycles. The highest BCUT2D eigenvalue weighted by molar-refractivity contribution is 5.59. The van der Waals surface area contributed by atoms with Gasteiger partial charge in [0.2, 0.25) is 0 Å². The Balaban J connectivity index is 0.00000326. The number of benzene rings is 1. The molecule has 2 heteroatoms. The summed E-state index contributed by atoms with van der Waals surface area (Å²) >= 11 is 0. The van der Waals surface area contributed by atoms with Gasteiger partial charge in [0, 0.05) is 25.0 Å². The lowest BCUT2D eigenvalue weighted by Gasteiger charge is -2.35. The largest absolute Gasteiger partial charge is 0.356 e. The minimum absolute atomic E-state index is 0.864. The Hall–Kier alpha value is -1.96. The van der Waals surface area contributed by atoms with Gasteiger partial charge in [-0.3, -0.25) is 0 Å². The van der Waals surface area contributed by atoms with Gasteiger partial charge in [-0.1, -0.05) is 55.3 Å². The molecule has 27 heavy (non-hydrogen) atoms. The number of rotatable bonds is 7. The smallest absolute Gasteiger partial charge is 0.0899 e. The second-order valence-electron chi connectivity index (χ2n) is 7.47. The van der Waals surface area contributed by atoms with Gasteiger partial charge in [0.05, 0.1) is 6.67 Å². The van der Waals surface area contributed by atoms with Crippen molar-refractivity contribution >= 4 is 5.69 Å². The van der Waals surface area contributed by atoms with Crippen molar-refractivity contribution in [1.82, 2.24) is 4.90 Å². The minimum atomic E-state index is 0.864. The summed E-state index contributed by atoms with van der Waals surface area (Å²) in [5.41, 5.74) is 10.4. The third-order valence-corrected chi connectivity index (χ3v) is 4.41. The zero-order valence-corrected chi connectivity index (χ0v) is 19.7. The Labute approximate surface area is 169 Å². The molecule has 0 aliphatic heterocycles. The highest BCUT2D eigenvalue weighted by Gasteiger charge is 2.16. The summed E-state index contributed by atoms with van der Waals surface area (Å²) in [6, 6.07) is 4.53. The Kier molecular flexibility index (Phi) is 10.8. The number of aryl methyl sites for hydroxylation is 3. The first kappa shape index (κ1) is 25.0. The van der Waals surface area contributed by atoms with E-state index in [0.29, 0.717) is 0 Å². The van der Waals surface area contributed by atoms with Crippen LogP contribution in [0.5, 0.6) is 0 Å². The molecule has 0 saturated carbocycles. The van der Waals surface area contributed by atoms with Crippen molar-refractivity contribution in [2.45, 2.75) is 69.2 Å². The zero-order chi connectivity index (χ0) is 21.3. The average molecular weight is 371 g/mol. The Morgan fingerprint density at radius 3 is 1.85 bits per heavy atom. The summed E-state index contributed by atoms with van der Waals surface area (Å²) in [7, 11) is 2.19. The van der Waals surface area contributed by atoms with Crippen LogP contribution in [0.4, 0.5) is 5.69 Å². The van der Waals surface area contributed by atoms with Crippen LogP contribution in [0.25, 0.3) is 0 Å². The van der Waals surface area contributed by atoms with Crippen molar-refractivity contribution < 1.29 is 0 Å². The maximum Gasteiger partial charge on any atom is 0.0899 e. The topological polar surface area (TPSA) is 6.48 Å². The molecular weight excluding hydrogens is 328 g/mol. The molecular formula is C25H42N2. The van der Waals surface area contributed by atoms with E-state index in [1.807, 2.05) is 20.8 Å². The van der Waals surface area contributed by atoms with E-state index in [9.17, 15) is 0 Å². The van der Waals surface area contributed by atoms with Crippen LogP contribution in [0.1, 0.15) is 65.2 Å². The number of likely N-dealkylation sites (N-methyl/N-ethyl adjacent to an activating group) is 1. The van der Waals surface area contributed by atoms with Gasteiger partial charge in [0.25, 0.3) is 0 Å². The molecule has 0 unspecified atom stereocenters. The van der Waals surface area contributed by atoms with Crippen molar-refractivity contribution in [2.24, 2.45) is 0 Å². The van der Waals surface area contributed by atoms with E-state index in [-0.39, 0.29) is 0 Å². The summed E-state index contributed by atoms with van der Waals surface area (Å²) in [4.78, 5) is 4.81. The van der Waals surface area contributed by atoms with Gasteiger partial charge in [0.1, 0.15) is 0 Å². The highest BCUT2D eigenvalue weighted by atomic mass is 15.3. The van der Waals surface area contributed by atoms with Gasteiger partial charge in [-0.25, -0.2) is 0 Å². The molecule has 1 aromatic rings. The first-order chi connectivity index (χ1) is 12.6. The molecule has 0 atom stereocenters. The van der Waals surface area contributed by atoms with Crippen LogP contribution >= 0.6 is 0 Å². The van der Waals surface area contributed by atoms with E-state index in [0.717, 1.165) is 18.8 Å². The van der Waals surface area contributed by atoms with Gasteiger partial charge in [-0.15, -0.1) is 0 Å². The number of hydrogen-bond acceptors (Lipinski definition) is 2. The van der Waals surface area contributed by atoms with Crippen LogP contribution in [0, 0.1) is 20.8 Å². The fraction of sp³-hybridized carbons (Fsp3) is 0.520. The molecule has 0 N–H and O–H groups in total. The third-order valence-electron chi connectivity index (χ3n) is 4.41. The molecule has 1 aromatic carbocycles. The lowest BCUT2D eigenvalue weighted by Crippen LogP contribution is -2.36. The van der Waals surface area contributed by atoms with Crippen molar-refractivity contribution in [3.8, 4) is 0 Å². The predicted octanol–water partition coefficient (Wildman–Crippen LogP) is 7.17. The summed E-state index contributed by atoms with van der Waals surface area (Å²) in [6.07, 6.45) is 2.17. The van der Waals surface area contributed by atoms with Crippen molar-refractivity contribution in [3.63, 3.8) is 0 Å². The standard InChI is InChI=1S/C23H36N2.C2H6/c1-11-25(22(17(4)5)19(7)12-16(2)3)15-24(10)23-20(8)13-18(6)14-21(23)9;1-2/h12-14H,2,11,15H2,1,3-10H3;1-2H3/b19-12-;. The van der Waals surface area contributed by atoms with E-state index in [4.69, 9.17) is 0 Å². The second kappa shape index (κ2) is 11.7. The SMILES string of the molecule is C=C(C)/C=C(/C)C(=C(C)C)N(CC)CN(C)c1c(C)cc(C)cc1C.CC. The summed E-state index contributed by atoms with van der Waals surface area (Å²) in [6.45, 7) is 27.3. The van der Waals surface area contributed by atoms with Crippen LogP contribution in [0.3, 0.4) is 0 Å². The molecule has 0 aromatic heterocycles. The normalized spacial score (nSPS) is 10.7. The summed E-state index contributed by atoms with van der Waals surface area (Å²) in [5.74, 6) is 0. The molecule has 0 spiro atoms. The Morgan fingerprint density at radius 2 is 1.48 bits per heavy atom. The van der Waals surface area contributed by atoms with Gasteiger partial charge in [-0.05, 0) is 72.1 Å². The van der Waals surface area contributed by atoms with Gasteiger partial charge in [-0.2, -0.15) is 0 Å². The number of hydrogen-bond donors (Lipinski definition) is 0. The number of nitrogens with zero attached hydrogens (tertiary/aromatic N) is 2. The second-order valence-corrected chi connectivity index (χ2v) is 7.47. The van der Waals surface area contributed by atoms with Crippen LogP contribution in [0.15, 0.2) is 47.2 Å². The van der Waals surface area contributed by atoms with E-state index < -0.39 is 0 Å². The Morgan fingerprint density at radius 1 is 1.00 bits per heavy atom. The fourth-order valence-electron chi connectivity index (χ4n) is 3.83. The van der Waals surface area contributed by atoms with Crippen LogP contribution in [-0.4, -0.2) is 25.2 Å². The van der Waals surface area contributed by atoms with Crippen molar-refractivity contribution in [2.75, 3.05) is 25.2 Å². The molecule has 0 radical (unpaired) electrons. The molecule has 0 amide bonds. The predicted molar refractivity (Wildman–Crippen MR) is 125 cm³/mol. The lowest BCUT2D eigenvalue weighted by atomic mass is 10.0. The first-order valence-electron chi connectivity index (χ1n) is 10.1. The van der Waals surface area contributed by atoms with Crippen LogP contribution in [0.2, 0.25) is 0 Å². The monoisotopic (exact) mass is 370 g/mol. The number of allylic oxidation sites excluding steroid dienone is 4. The van der Waals surface area contributed by atoms with E-state index in [1.165, 1.54) is 39.2 Å². The molecule has 0 saturated heterocycles. The van der Waals surface area contributed by atoms with Gasteiger partial charge in [0.15, 0.2) is 0 Å². The van der Waals surface area contributed by atoms with Crippen molar-refractivity contribution in [3.05, 3.63) is 63.9 Å². The number of anilines is 1. The van der Waals surface area contributed by atoms with E-state index in [2.05, 4.69) is 90.1 Å². The van der Waals surface area contributed by atoms with Crippen molar-refractivity contribution in [1.29, 1.82) is 0 Å². The molecule has 0 heterocycles. The molecule has 0 aliphatic rings. The van der Waals surface area contributed by atoms with Crippen LogP contribution in [-0.2, 0) is 0 Å². The summed E-state index contributed by atoms with van der Waals surface area (Å²) < 4.78 is 0. The maximum atomic E-state index is 4.03. The highest BCUT2D eigenvalue weighted by Crippen LogP contribution is 2.27. The minimum Gasteiger partial charge on any atom is -0.356 e. The zero-order valence-electron chi connectivity index (χ0n) is 19.7. The van der Waals surface area contributed by atoms with Crippen LogP contribution < -0.4 is 4.90 Å². The molecule has 0 fully saturated rings. The summed E-state index contributed by atoms with van der Waals surface area (Å²) in [5, 5.41) is 0. The Bertz CT molecular complexity index is 665. The quantitative estimate of drug-likeness (QED) is 0.371. The van der Waals surface area contributed by atoms with E-state index in [1.54, 1.807) is 0 Å². The molecule has 152 valence electrons. The average Bonchev–Trinajstić information content (AvgIpc) is 2.53. The van der Waals surface area contributed by atoms with Gasteiger partial charge >= 0.3 is 0 Å². The first-order valence-corrected chi connectivity index (χ1v) is 10.1. The van der Waals surface area contributed by atoms with Gasteiger partial charge < -0.3 is 9.80 Å².